The van der Waals surface area contributed by atoms with Crippen molar-refractivity contribution in [3.8, 4) is 5.75 Å². The van der Waals surface area contributed by atoms with Crippen LogP contribution >= 0.6 is 11.6 Å². The molecule has 0 amide bonds. The van der Waals surface area contributed by atoms with Crippen molar-refractivity contribution in [1.82, 2.24) is 10.6 Å². The fourth-order valence-corrected chi connectivity index (χ4v) is 2.80. The molecule has 0 bridgehead atoms. The number of hydrogen-bond acceptors (Lipinski definition) is 3. The Hall–Kier alpha value is -0.770. The summed E-state index contributed by atoms with van der Waals surface area (Å²) in [5.41, 5.74) is 1.14. The first-order valence-electron chi connectivity index (χ1n) is 6.48. The zero-order chi connectivity index (χ0) is 13.0. The van der Waals surface area contributed by atoms with Crippen LogP contribution < -0.4 is 15.4 Å². The van der Waals surface area contributed by atoms with Crippen molar-refractivity contribution in [3.05, 3.63) is 28.8 Å². The van der Waals surface area contributed by atoms with Crippen LogP contribution in [-0.4, -0.2) is 26.7 Å². The monoisotopic (exact) mass is 268 g/mol. The Bertz CT molecular complexity index is 391. The van der Waals surface area contributed by atoms with E-state index in [-0.39, 0.29) is 6.04 Å². The Morgan fingerprint density at radius 2 is 2.39 bits per heavy atom. The van der Waals surface area contributed by atoms with Crippen LogP contribution in [0.2, 0.25) is 5.02 Å². The van der Waals surface area contributed by atoms with Crippen LogP contribution in [0.15, 0.2) is 18.2 Å². The Morgan fingerprint density at radius 1 is 1.56 bits per heavy atom. The highest BCUT2D eigenvalue weighted by Gasteiger charge is 2.22. The maximum atomic E-state index is 6.09. The molecule has 0 saturated carbocycles. The third kappa shape index (κ3) is 3.16. The van der Waals surface area contributed by atoms with Gasteiger partial charge in [-0.25, -0.2) is 0 Å². The van der Waals surface area contributed by atoms with Gasteiger partial charge < -0.3 is 15.4 Å². The number of benzene rings is 1. The summed E-state index contributed by atoms with van der Waals surface area (Å²) < 4.78 is 5.43. The van der Waals surface area contributed by atoms with E-state index >= 15 is 0 Å². The summed E-state index contributed by atoms with van der Waals surface area (Å²) in [5, 5.41) is 7.65. The highest BCUT2D eigenvalue weighted by atomic mass is 35.5. The molecule has 2 rings (SSSR count). The zero-order valence-corrected chi connectivity index (χ0v) is 11.8. The van der Waals surface area contributed by atoms with E-state index in [0.29, 0.717) is 6.04 Å². The molecule has 1 aliphatic rings. The van der Waals surface area contributed by atoms with Gasteiger partial charge in [-0.3, -0.25) is 0 Å². The third-order valence-electron chi connectivity index (χ3n) is 3.60. The van der Waals surface area contributed by atoms with Crippen LogP contribution in [0.5, 0.6) is 5.75 Å². The minimum atomic E-state index is 0.272. The molecule has 4 heteroatoms. The van der Waals surface area contributed by atoms with Gasteiger partial charge in [0.15, 0.2) is 0 Å². The van der Waals surface area contributed by atoms with Gasteiger partial charge in [0.2, 0.25) is 0 Å². The molecule has 2 unspecified atom stereocenters. The quantitative estimate of drug-likeness (QED) is 0.862. The average Bonchev–Trinajstić information content (AvgIpc) is 2.88. The van der Waals surface area contributed by atoms with E-state index in [1.165, 1.54) is 12.8 Å². The molecule has 1 aromatic rings. The van der Waals surface area contributed by atoms with Crippen molar-refractivity contribution in [3.63, 3.8) is 0 Å². The highest BCUT2D eigenvalue weighted by Crippen LogP contribution is 2.31. The second-order valence-electron chi connectivity index (χ2n) is 4.76. The van der Waals surface area contributed by atoms with Gasteiger partial charge in [0.25, 0.3) is 0 Å². The van der Waals surface area contributed by atoms with Crippen LogP contribution in [0.4, 0.5) is 0 Å². The maximum absolute atomic E-state index is 6.09. The van der Waals surface area contributed by atoms with Gasteiger partial charge in [-0.1, -0.05) is 11.6 Å². The SMILES string of the molecule is CNC(CC1CCCN1)c1cc(Cl)ccc1OC. The smallest absolute Gasteiger partial charge is 0.123 e. The summed E-state index contributed by atoms with van der Waals surface area (Å²) in [4.78, 5) is 0. The summed E-state index contributed by atoms with van der Waals surface area (Å²) >= 11 is 6.09. The van der Waals surface area contributed by atoms with Crippen molar-refractivity contribution in [1.29, 1.82) is 0 Å². The minimum Gasteiger partial charge on any atom is -0.496 e. The van der Waals surface area contributed by atoms with E-state index in [2.05, 4.69) is 10.6 Å². The number of ether oxygens (including phenoxy) is 1. The molecular weight excluding hydrogens is 248 g/mol. The van der Waals surface area contributed by atoms with E-state index in [0.717, 1.165) is 29.3 Å². The lowest BCUT2D eigenvalue weighted by Gasteiger charge is -2.22. The van der Waals surface area contributed by atoms with Crippen LogP contribution in [-0.2, 0) is 0 Å². The fraction of sp³-hybridized carbons (Fsp3) is 0.571. The van der Waals surface area contributed by atoms with Crippen LogP contribution in [0, 0.1) is 0 Å². The topological polar surface area (TPSA) is 33.3 Å². The molecule has 1 fully saturated rings. The summed E-state index contributed by atoms with van der Waals surface area (Å²) in [6.45, 7) is 1.13. The lowest BCUT2D eigenvalue weighted by Crippen LogP contribution is -2.28. The number of nitrogens with one attached hydrogen (secondary N) is 2. The molecule has 2 N–H and O–H groups in total. The fourth-order valence-electron chi connectivity index (χ4n) is 2.62. The van der Waals surface area contributed by atoms with E-state index < -0.39 is 0 Å². The molecule has 2 atom stereocenters. The molecular formula is C14H21ClN2O. The van der Waals surface area contributed by atoms with Crippen molar-refractivity contribution < 1.29 is 4.74 Å². The van der Waals surface area contributed by atoms with Gasteiger partial charge in [-0.05, 0) is 51.1 Å². The molecule has 1 aliphatic heterocycles. The predicted molar refractivity (Wildman–Crippen MR) is 75.4 cm³/mol. The number of rotatable bonds is 5. The first kappa shape index (κ1) is 13.7. The molecule has 100 valence electrons. The Labute approximate surface area is 114 Å². The van der Waals surface area contributed by atoms with Gasteiger partial charge in [0, 0.05) is 22.7 Å². The third-order valence-corrected chi connectivity index (χ3v) is 3.83. The van der Waals surface area contributed by atoms with Crippen molar-refractivity contribution in [2.24, 2.45) is 0 Å². The average molecular weight is 269 g/mol. The summed E-state index contributed by atoms with van der Waals surface area (Å²) in [6, 6.07) is 6.66. The van der Waals surface area contributed by atoms with Crippen molar-refractivity contribution >= 4 is 11.6 Å². The van der Waals surface area contributed by atoms with Gasteiger partial charge in [-0.15, -0.1) is 0 Å². The molecule has 0 spiro atoms. The van der Waals surface area contributed by atoms with E-state index in [9.17, 15) is 0 Å². The maximum Gasteiger partial charge on any atom is 0.123 e. The summed E-state index contributed by atoms with van der Waals surface area (Å²) in [5.74, 6) is 0.900. The standard InChI is InChI=1S/C14H21ClN2O/c1-16-13(9-11-4-3-7-17-11)12-8-10(15)5-6-14(12)18-2/h5-6,8,11,13,16-17H,3-4,7,9H2,1-2H3. The van der Waals surface area contributed by atoms with E-state index in [1.54, 1.807) is 7.11 Å². The number of hydrogen-bond donors (Lipinski definition) is 2. The van der Waals surface area contributed by atoms with E-state index in [1.807, 2.05) is 25.2 Å². The summed E-state index contributed by atoms with van der Waals surface area (Å²) in [6.07, 6.45) is 3.59. The largest absolute Gasteiger partial charge is 0.496 e. The van der Waals surface area contributed by atoms with Crippen LogP contribution in [0.3, 0.4) is 0 Å². The Morgan fingerprint density at radius 3 is 3.00 bits per heavy atom. The second kappa shape index (κ2) is 6.41. The first-order chi connectivity index (χ1) is 8.74. The molecule has 0 aromatic heterocycles. The lowest BCUT2D eigenvalue weighted by atomic mass is 9.97. The summed E-state index contributed by atoms with van der Waals surface area (Å²) in [7, 11) is 3.69. The molecule has 3 nitrogen and oxygen atoms in total. The van der Waals surface area contributed by atoms with Gasteiger partial charge in [-0.2, -0.15) is 0 Å². The van der Waals surface area contributed by atoms with Gasteiger partial charge in [0.05, 0.1) is 7.11 Å². The van der Waals surface area contributed by atoms with E-state index in [4.69, 9.17) is 16.3 Å². The zero-order valence-electron chi connectivity index (χ0n) is 11.0. The van der Waals surface area contributed by atoms with Crippen molar-refractivity contribution in [2.45, 2.75) is 31.3 Å². The molecule has 1 heterocycles. The Balaban J connectivity index is 2.17. The minimum absolute atomic E-state index is 0.272. The Kier molecular flexibility index (Phi) is 4.87. The van der Waals surface area contributed by atoms with Crippen LogP contribution in [0.25, 0.3) is 0 Å². The van der Waals surface area contributed by atoms with Gasteiger partial charge in [0.1, 0.15) is 5.75 Å². The highest BCUT2D eigenvalue weighted by molar-refractivity contribution is 6.30. The lowest BCUT2D eigenvalue weighted by molar-refractivity contribution is 0.389. The van der Waals surface area contributed by atoms with Gasteiger partial charge >= 0.3 is 0 Å². The first-order valence-corrected chi connectivity index (χ1v) is 6.86. The number of halogens is 1. The molecule has 1 aromatic carbocycles. The second-order valence-corrected chi connectivity index (χ2v) is 5.19. The predicted octanol–water partition coefficient (Wildman–Crippen LogP) is 2.75. The normalized spacial score (nSPS) is 20.9. The van der Waals surface area contributed by atoms with Crippen LogP contribution in [0.1, 0.15) is 30.9 Å². The molecule has 0 aliphatic carbocycles. The van der Waals surface area contributed by atoms with Crippen molar-refractivity contribution in [2.75, 3.05) is 20.7 Å². The number of methoxy groups -OCH3 is 1. The molecule has 0 radical (unpaired) electrons. The molecule has 1 saturated heterocycles. The molecule has 18 heavy (non-hydrogen) atoms.